The molecule has 3 N–H and O–H groups in total. The van der Waals surface area contributed by atoms with E-state index < -0.39 is 25.0 Å². The molecular weight excluding hydrogens is 221 g/mol. The predicted molar refractivity (Wildman–Crippen MR) is 43.3 cm³/mol. The molecule has 0 aromatic heterocycles. The van der Waals surface area contributed by atoms with E-state index in [1.807, 2.05) is 0 Å². The first-order valence-corrected chi connectivity index (χ1v) is 3.45. The molecule has 9 heteroatoms. The summed E-state index contributed by atoms with van der Waals surface area (Å²) in [7, 11) is 2.61. The molecule has 0 rings (SSSR count). The highest BCUT2D eigenvalue weighted by Gasteiger charge is 2.29. The van der Waals surface area contributed by atoms with Crippen LogP contribution in [-0.4, -0.2) is 49.1 Å². The van der Waals surface area contributed by atoms with E-state index in [-0.39, 0.29) is 0 Å². The zero-order chi connectivity index (χ0) is 12.6. The quantitative estimate of drug-likeness (QED) is 0.701. The van der Waals surface area contributed by atoms with Gasteiger partial charge in [-0.25, -0.2) is 9.59 Å². The number of nitrogens with two attached hydrogens (primary N) is 1. The fourth-order valence-corrected chi connectivity index (χ4v) is 0.273. The normalized spacial score (nSPS) is 9.67. The Morgan fingerprint density at radius 3 is 1.93 bits per heavy atom. The lowest BCUT2D eigenvalue weighted by Crippen LogP contribution is -2.27. The molecule has 6 nitrogen and oxygen atoms in total. The second kappa shape index (κ2) is 6.74. The van der Waals surface area contributed by atoms with Crippen LogP contribution in [0.3, 0.4) is 0 Å². The van der Waals surface area contributed by atoms with Crippen LogP contribution < -0.4 is 5.73 Å². The van der Waals surface area contributed by atoms with Crippen molar-refractivity contribution < 1.29 is 32.6 Å². The maximum atomic E-state index is 11.4. The largest absolute Gasteiger partial charge is 0.465 e. The molecule has 0 aliphatic carbocycles. The van der Waals surface area contributed by atoms with Gasteiger partial charge in [0.25, 0.3) is 0 Å². The molecule has 15 heavy (non-hydrogen) atoms. The number of alkyl halides is 3. The Kier molecular flexibility index (Phi) is 7.09. The third kappa shape index (κ3) is 19.0. The van der Waals surface area contributed by atoms with Crippen molar-refractivity contribution in [1.82, 2.24) is 4.90 Å². The monoisotopic (exact) mass is 232 g/mol. The van der Waals surface area contributed by atoms with E-state index >= 15 is 0 Å². The van der Waals surface area contributed by atoms with E-state index in [1.54, 1.807) is 0 Å². The molecule has 0 aromatic rings. The highest BCUT2D eigenvalue weighted by molar-refractivity contribution is 5.66. The number of carbonyl (C=O) groups excluding carboxylic acids is 1. The summed E-state index contributed by atoms with van der Waals surface area (Å²) in [5, 5.41) is 7.19. The van der Waals surface area contributed by atoms with Gasteiger partial charge in [-0.15, -0.1) is 0 Å². The number of amides is 2. The van der Waals surface area contributed by atoms with Crippen LogP contribution in [0, 0.1) is 0 Å². The highest BCUT2D eigenvalue weighted by Crippen LogP contribution is 2.14. The summed E-state index contributed by atoms with van der Waals surface area (Å²) in [6.07, 6.45) is -6.78. The molecule has 90 valence electrons. The van der Waals surface area contributed by atoms with E-state index in [1.165, 1.54) is 14.1 Å². The van der Waals surface area contributed by atoms with Gasteiger partial charge >= 0.3 is 18.4 Å². The number of ether oxygens (including phenoxy) is 1. The van der Waals surface area contributed by atoms with E-state index in [0.29, 0.717) is 0 Å². The van der Waals surface area contributed by atoms with Gasteiger partial charge in [-0.2, -0.15) is 13.2 Å². The molecule has 0 atom stereocenters. The summed E-state index contributed by atoms with van der Waals surface area (Å²) < 4.78 is 38.0. The van der Waals surface area contributed by atoms with Crippen molar-refractivity contribution in [3.63, 3.8) is 0 Å². The van der Waals surface area contributed by atoms with Gasteiger partial charge in [0.15, 0.2) is 6.61 Å². The van der Waals surface area contributed by atoms with Crippen LogP contribution in [0.15, 0.2) is 0 Å². The summed E-state index contributed by atoms with van der Waals surface area (Å²) in [6, 6.07) is 0. The smallest absolute Gasteiger partial charge is 0.422 e. The van der Waals surface area contributed by atoms with Gasteiger partial charge in [-0.1, -0.05) is 0 Å². The molecule has 0 heterocycles. The Morgan fingerprint density at radius 1 is 1.40 bits per heavy atom. The number of nitrogens with zero attached hydrogens (tertiary/aromatic N) is 1. The second-order valence-electron chi connectivity index (χ2n) is 2.40. The van der Waals surface area contributed by atoms with Crippen LogP contribution in [0.2, 0.25) is 0 Å². The lowest BCUT2D eigenvalue weighted by atomic mass is 10.7. The number of carboxylic acid groups (broad SMARTS) is 1. The number of halogens is 3. The van der Waals surface area contributed by atoms with Crippen molar-refractivity contribution in [2.24, 2.45) is 5.73 Å². The van der Waals surface area contributed by atoms with Crippen molar-refractivity contribution in [3.8, 4) is 0 Å². The predicted octanol–water partition coefficient (Wildman–Crippen LogP) is 0.870. The van der Waals surface area contributed by atoms with E-state index in [2.05, 4.69) is 10.5 Å². The maximum Gasteiger partial charge on any atom is 0.422 e. The molecule has 2 amide bonds. The molecule has 0 saturated carbocycles. The Bertz CT molecular complexity index is 213. The van der Waals surface area contributed by atoms with Crippen LogP contribution >= 0.6 is 0 Å². The fraction of sp³-hybridized carbons (Fsp3) is 0.667. The van der Waals surface area contributed by atoms with Crippen LogP contribution in [0.4, 0.5) is 22.8 Å². The van der Waals surface area contributed by atoms with Gasteiger partial charge in [0.1, 0.15) is 0 Å². The average molecular weight is 232 g/mol. The molecule has 0 unspecified atom stereocenters. The van der Waals surface area contributed by atoms with Gasteiger partial charge in [0, 0.05) is 14.1 Å². The number of hydrogen-bond acceptors (Lipinski definition) is 3. The van der Waals surface area contributed by atoms with Crippen molar-refractivity contribution in [3.05, 3.63) is 0 Å². The van der Waals surface area contributed by atoms with E-state index in [9.17, 15) is 18.0 Å². The Morgan fingerprint density at radius 2 is 1.73 bits per heavy atom. The van der Waals surface area contributed by atoms with Crippen LogP contribution in [0.5, 0.6) is 0 Å². The summed E-state index contributed by atoms with van der Waals surface area (Å²) in [4.78, 5) is 20.1. The summed E-state index contributed by atoms with van der Waals surface area (Å²) in [5.41, 5.74) is 4.03. The standard InChI is InChI=1S/C5H8F3NO2.CH3NO2/c1-9(2)4(10)11-3-5(6,7)8;2-1(3)4/h3H2,1-2H3;2H2,(H,3,4). The Balaban J connectivity index is 0. The molecule has 0 fully saturated rings. The topological polar surface area (TPSA) is 92.9 Å². The minimum absolute atomic E-state index is 0.922. The van der Waals surface area contributed by atoms with Gasteiger partial charge in [0.05, 0.1) is 0 Å². The number of hydrogen-bond donors (Lipinski definition) is 2. The zero-order valence-electron chi connectivity index (χ0n) is 8.04. The third-order valence-electron chi connectivity index (χ3n) is 0.724. The SMILES string of the molecule is CN(C)C(=O)OCC(F)(F)F.NC(=O)O. The summed E-state index contributed by atoms with van der Waals surface area (Å²) in [5.74, 6) is 0. The minimum atomic E-state index is -4.45. The average Bonchev–Trinajstić information content (AvgIpc) is 1.97. The first-order chi connectivity index (χ1) is 6.56. The summed E-state index contributed by atoms with van der Waals surface area (Å²) >= 11 is 0. The molecule has 0 spiro atoms. The van der Waals surface area contributed by atoms with Crippen molar-refractivity contribution >= 4 is 12.2 Å². The fourth-order valence-electron chi connectivity index (χ4n) is 0.273. The Labute approximate surface area is 83.4 Å². The zero-order valence-corrected chi connectivity index (χ0v) is 8.04. The van der Waals surface area contributed by atoms with E-state index in [4.69, 9.17) is 9.90 Å². The lowest BCUT2D eigenvalue weighted by Gasteiger charge is -2.11. The molecule has 0 radical (unpaired) electrons. The van der Waals surface area contributed by atoms with Crippen LogP contribution in [0.25, 0.3) is 0 Å². The number of carbonyl (C=O) groups is 2. The summed E-state index contributed by atoms with van der Waals surface area (Å²) in [6.45, 7) is -1.54. The van der Waals surface area contributed by atoms with Gasteiger partial charge < -0.3 is 20.5 Å². The van der Waals surface area contributed by atoms with Crippen molar-refractivity contribution in [2.75, 3.05) is 20.7 Å². The molecule has 0 saturated heterocycles. The highest BCUT2D eigenvalue weighted by atomic mass is 19.4. The van der Waals surface area contributed by atoms with Gasteiger partial charge in [-0.3, -0.25) is 0 Å². The number of primary amides is 1. The first-order valence-electron chi connectivity index (χ1n) is 3.45. The maximum absolute atomic E-state index is 11.4. The Hall–Kier alpha value is -1.67. The van der Waals surface area contributed by atoms with Gasteiger partial charge in [0.2, 0.25) is 0 Å². The van der Waals surface area contributed by atoms with E-state index in [0.717, 1.165) is 4.90 Å². The molecule has 0 aliphatic rings. The third-order valence-corrected chi connectivity index (χ3v) is 0.724. The lowest BCUT2D eigenvalue weighted by molar-refractivity contribution is -0.161. The van der Waals surface area contributed by atoms with Crippen LogP contribution in [0.1, 0.15) is 0 Å². The van der Waals surface area contributed by atoms with Crippen molar-refractivity contribution in [1.29, 1.82) is 0 Å². The molecule has 0 bridgehead atoms. The number of rotatable bonds is 1. The van der Waals surface area contributed by atoms with Crippen LogP contribution in [-0.2, 0) is 4.74 Å². The first kappa shape index (κ1) is 15.8. The van der Waals surface area contributed by atoms with Crippen molar-refractivity contribution in [2.45, 2.75) is 6.18 Å². The molecule has 0 aliphatic heterocycles. The minimum Gasteiger partial charge on any atom is -0.465 e. The molecular formula is C6H11F3N2O4. The second-order valence-corrected chi connectivity index (χ2v) is 2.40. The van der Waals surface area contributed by atoms with Gasteiger partial charge in [-0.05, 0) is 0 Å². The molecule has 0 aromatic carbocycles.